The van der Waals surface area contributed by atoms with Crippen LogP contribution in [0, 0.1) is 13.8 Å². The lowest BCUT2D eigenvalue weighted by Gasteiger charge is -2.38. The van der Waals surface area contributed by atoms with E-state index in [0.717, 1.165) is 56.1 Å². The van der Waals surface area contributed by atoms with Crippen LogP contribution >= 0.6 is 23.5 Å². The molecule has 0 aliphatic heterocycles. The minimum absolute atomic E-state index is 0.197. The number of Topliss-reactive ketones (excluding diaryl/α,β-unsaturated/α-hetero) is 1. The second-order valence-electron chi connectivity index (χ2n) is 19.8. The van der Waals surface area contributed by atoms with E-state index < -0.39 is 9.49 Å². The molecule has 0 aliphatic rings. The quantitative estimate of drug-likeness (QED) is 0.0499. The van der Waals surface area contributed by atoms with Crippen molar-refractivity contribution in [3.8, 4) is 0 Å². The Morgan fingerprint density at radius 3 is 1.18 bits per heavy atom. The number of aryl methyl sites for hydroxylation is 4. The fourth-order valence-electron chi connectivity index (χ4n) is 10.1. The minimum Gasteiger partial charge on any atom is -0.501 e. The van der Waals surface area contributed by atoms with Crippen LogP contribution < -0.4 is 0 Å². The number of hydrogen-bond acceptors (Lipinski definition) is 5. The molecule has 8 aromatic carbocycles. The normalized spacial score (nSPS) is 14.6. The van der Waals surface area contributed by atoms with Crippen LogP contribution in [-0.4, -0.2) is 29.5 Å². The Labute approximate surface area is 438 Å². The monoisotopic (exact) mass is 986 g/mol. The average molecular weight is 987 g/mol. The molecule has 0 heterocycles. The first-order valence-electron chi connectivity index (χ1n) is 25.5. The molecule has 368 valence electrons. The zero-order valence-electron chi connectivity index (χ0n) is 43.4. The maximum Gasteiger partial charge on any atom is 0.134 e. The Bertz CT molecular complexity index is 2930. The molecule has 0 saturated carbocycles. The van der Waals surface area contributed by atoms with E-state index in [1.54, 1.807) is 37.7 Å². The van der Waals surface area contributed by atoms with Crippen molar-refractivity contribution in [1.29, 1.82) is 0 Å². The summed E-state index contributed by atoms with van der Waals surface area (Å²) in [6, 6.07) is 65.8. The lowest BCUT2D eigenvalue weighted by molar-refractivity contribution is -0.120. The summed E-state index contributed by atoms with van der Waals surface area (Å²) in [6.45, 7) is 13.3. The van der Waals surface area contributed by atoms with Gasteiger partial charge in [0.15, 0.2) is 0 Å². The first-order valence-corrected chi connectivity index (χ1v) is 27.2. The van der Waals surface area contributed by atoms with E-state index in [1.165, 1.54) is 44.2 Å². The lowest BCUT2D eigenvalue weighted by atomic mass is 9.77. The average Bonchev–Trinajstić information content (AvgIpc) is 3.39. The summed E-state index contributed by atoms with van der Waals surface area (Å²) in [5, 5.41) is 4.69. The molecule has 0 saturated heterocycles. The standard InChI is InChI=1S/C67H70O3S2/c1-9-49-23-27-51(28-24-49)39-60(69-7)45-66(5,71-62-17-13-11-14-18-62)64(57-35-33-53-37-47(3)21-31-55(53)41-57)43-59(68)44-65(58-36-34-54-38-48(4)22-32-56(54)42-58)67(6,72-63-19-15-12-16-20-63)46-61(70-8)40-52-29-25-50(10-2)26-30-52/h11-38,41-42,45-46,64-65H,9-10,39-40,43-44H2,1-8H3. The van der Waals surface area contributed by atoms with E-state index in [2.05, 4.69) is 236 Å². The number of allylic oxidation sites excluding steroid dienone is 2. The van der Waals surface area contributed by atoms with Gasteiger partial charge in [-0.05, 0) is 132 Å². The number of hydrogen-bond donors (Lipinski definition) is 0. The van der Waals surface area contributed by atoms with Gasteiger partial charge in [-0.1, -0.05) is 183 Å². The maximum absolute atomic E-state index is 15.9. The topological polar surface area (TPSA) is 35.5 Å². The van der Waals surface area contributed by atoms with Crippen LogP contribution in [-0.2, 0) is 40.0 Å². The fourth-order valence-corrected chi connectivity index (χ4v) is 12.8. The van der Waals surface area contributed by atoms with E-state index in [-0.39, 0.29) is 17.6 Å². The zero-order chi connectivity index (χ0) is 50.7. The van der Waals surface area contributed by atoms with Crippen molar-refractivity contribution in [3.63, 3.8) is 0 Å². The van der Waals surface area contributed by atoms with Crippen LogP contribution in [0.5, 0.6) is 0 Å². The summed E-state index contributed by atoms with van der Waals surface area (Å²) in [7, 11) is 3.56. The highest BCUT2D eigenvalue weighted by atomic mass is 32.2. The molecule has 8 rings (SSSR count). The van der Waals surface area contributed by atoms with E-state index in [9.17, 15) is 0 Å². The molecule has 5 heteroatoms. The molecule has 4 unspecified atom stereocenters. The van der Waals surface area contributed by atoms with Crippen LogP contribution in [0.25, 0.3) is 21.5 Å². The zero-order valence-corrected chi connectivity index (χ0v) is 45.0. The van der Waals surface area contributed by atoms with Crippen LogP contribution in [0.3, 0.4) is 0 Å². The van der Waals surface area contributed by atoms with Crippen molar-refractivity contribution in [2.24, 2.45) is 0 Å². The summed E-state index contributed by atoms with van der Waals surface area (Å²) >= 11 is 3.61. The van der Waals surface area contributed by atoms with Gasteiger partial charge in [-0.25, -0.2) is 0 Å². The number of carbonyl (C=O) groups excluding carboxylic acids is 1. The third kappa shape index (κ3) is 13.2. The molecule has 72 heavy (non-hydrogen) atoms. The molecular formula is C67H70O3S2. The van der Waals surface area contributed by atoms with Gasteiger partial charge in [-0.15, -0.1) is 23.5 Å². The second-order valence-corrected chi connectivity index (χ2v) is 22.9. The molecule has 0 radical (unpaired) electrons. The third-order valence-corrected chi connectivity index (χ3v) is 17.0. The molecule has 0 bridgehead atoms. The lowest BCUT2D eigenvalue weighted by Crippen LogP contribution is -2.33. The van der Waals surface area contributed by atoms with Crippen LogP contribution in [0.2, 0.25) is 0 Å². The summed E-state index contributed by atoms with van der Waals surface area (Å²) in [5.41, 5.74) is 9.68. The van der Waals surface area contributed by atoms with Crippen LogP contribution in [0.4, 0.5) is 0 Å². The number of methoxy groups -OCH3 is 2. The van der Waals surface area contributed by atoms with Gasteiger partial charge in [0.2, 0.25) is 0 Å². The van der Waals surface area contributed by atoms with Gasteiger partial charge in [0.1, 0.15) is 5.78 Å². The van der Waals surface area contributed by atoms with E-state index >= 15 is 4.79 Å². The number of ether oxygens (including phenoxy) is 2. The Morgan fingerprint density at radius 1 is 0.472 bits per heavy atom. The van der Waals surface area contributed by atoms with Crippen molar-refractivity contribution >= 4 is 50.9 Å². The first kappa shape index (κ1) is 52.1. The summed E-state index contributed by atoms with van der Waals surface area (Å²) in [5.74, 6) is 1.46. The van der Waals surface area contributed by atoms with Gasteiger partial charge in [0, 0.05) is 56.8 Å². The number of benzene rings is 8. The highest BCUT2D eigenvalue weighted by Gasteiger charge is 2.41. The highest BCUT2D eigenvalue weighted by Crippen LogP contribution is 2.51. The number of fused-ring (bicyclic) bond motifs is 2. The summed E-state index contributed by atoms with van der Waals surface area (Å²) in [6.07, 6.45) is 8.50. The highest BCUT2D eigenvalue weighted by molar-refractivity contribution is 8.01. The second kappa shape index (κ2) is 24.0. The largest absolute Gasteiger partial charge is 0.501 e. The van der Waals surface area contributed by atoms with Gasteiger partial charge in [-0.3, -0.25) is 4.79 Å². The third-order valence-electron chi connectivity index (χ3n) is 14.3. The number of ketones is 1. The molecule has 4 atom stereocenters. The molecule has 3 nitrogen and oxygen atoms in total. The Kier molecular flexibility index (Phi) is 17.3. The number of rotatable bonds is 22. The van der Waals surface area contributed by atoms with Crippen molar-refractivity contribution in [2.45, 2.75) is 111 Å². The smallest absolute Gasteiger partial charge is 0.134 e. The van der Waals surface area contributed by atoms with Crippen molar-refractivity contribution in [2.75, 3.05) is 14.2 Å². The van der Waals surface area contributed by atoms with E-state index in [1.807, 2.05) is 0 Å². The van der Waals surface area contributed by atoms with Crippen LogP contribution in [0.15, 0.2) is 215 Å². The number of carbonyl (C=O) groups is 1. The molecular weight excluding hydrogens is 917 g/mol. The molecule has 0 fully saturated rings. The van der Waals surface area contributed by atoms with Gasteiger partial charge in [0.05, 0.1) is 25.7 Å². The van der Waals surface area contributed by atoms with E-state index in [4.69, 9.17) is 9.47 Å². The van der Waals surface area contributed by atoms with Gasteiger partial charge in [0.25, 0.3) is 0 Å². The van der Waals surface area contributed by atoms with Gasteiger partial charge in [-0.2, -0.15) is 0 Å². The van der Waals surface area contributed by atoms with Crippen molar-refractivity contribution in [1.82, 2.24) is 0 Å². The number of thioether (sulfide) groups is 2. The molecule has 0 amide bonds. The summed E-state index contributed by atoms with van der Waals surface area (Å²) in [4.78, 5) is 18.2. The maximum atomic E-state index is 15.9. The Hall–Kier alpha value is -6.27. The fraction of sp³-hybridized carbons (Fsp3) is 0.269. The molecule has 8 aromatic rings. The van der Waals surface area contributed by atoms with E-state index in [0.29, 0.717) is 25.7 Å². The SMILES string of the molecule is CCc1ccc(CC(=CC(C)(Sc2ccccc2)C(CC(=O)CC(c2ccc3cc(C)ccc3c2)C(C)(C=C(Cc2ccc(CC)cc2)OC)Sc2ccccc2)c2ccc3cc(C)ccc3c2)OC)cc1. The summed E-state index contributed by atoms with van der Waals surface area (Å²) < 4.78 is 11.4. The van der Waals surface area contributed by atoms with Gasteiger partial charge < -0.3 is 9.47 Å². The molecule has 0 spiro atoms. The van der Waals surface area contributed by atoms with Crippen LogP contribution in [0.1, 0.15) is 96.9 Å². The van der Waals surface area contributed by atoms with Gasteiger partial charge >= 0.3 is 0 Å². The predicted octanol–water partition coefficient (Wildman–Crippen LogP) is 17.6. The molecule has 0 aliphatic carbocycles. The van der Waals surface area contributed by atoms with Crippen molar-refractivity contribution < 1.29 is 14.3 Å². The first-order chi connectivity index (χ1) is 34.8. The Morgan fingerprint density at radius 2 is 0.819 bits per heavy atom. The molecule has 0 aromatic heterocycles. The predicted molar refractivity (Wildman–Crippen MR) is 308 cm³/mol. The van der Waals surface area contributed by atoms with Crippen molar-refractivity contribution in [3.05, 3.63) is 250 Å². The minimum atomic E-state index is -0.626. The Balaban J connectivity index is 1.27. The molecule has 0 N–H and O–H groups in total.